The third-order valence-corrected chi connectivity index (χ3v) is 4.49. The van der Waals surface area contributed by atoms with Crippen LogP contribution in [0.4, 0.5) is 5.69 Å². The second kappa shape index (κ2) is 4.01. The van der Waals surface area contributed by atoms with Gasteiger partial charge in [-0.1, -0.05) is 24.3 Å². The van der Waals surface area contributed by atoms with Gasteiger partial charge in [0, 0.05) is 5.69 Å². The van der Waals surface area contributed by atoms with E-state index in [4.69, 9.17) is 0 Å². The molecule has 1 aromatic carbocycles. The summed E-state index contributed by atoms with van der Waals surface area (Å²) in [6, 6.07) is 6.62. The van der Waals surface area contributed by atoms with Crippen molar-refractivity contribution >= 4 is 11.3 Å². The van der Waals surface area contributed by atoms with Crippen LogP contribution in [0.1, 0.15) is 43.7 Å². The molecule has 1 heteroatoms. The molecule has 0 saturated heterocycles. The third-order valence-electron chi connectivity index (χ3n) is 4.49. The van der Waals surface area contributed by atoms with Crippen molar-refractivity contribution in [3.8, 4) is 0 Å². The van der Waals surface area contributed by atoms with Gasteiger partial charge in [0.2, 0.25) is 0 Å². The zero-order valence-corrected chi connectivity index (χ0v) is 11.3. The quantitative estimate of drug-likeness (QED) is 0.754. The van der Waals surface area contributed by atoms with Crippen molar-refractivity contribution in [2.45, 2.75) is 45.1 Å². The number of allylic oxidation sites excluding steroid dienone is 2. The predicted octanol–water partition coefficient (Wildman–Crippen LogP) is 4.69. The van der Waals surface area contributed by atoms with Crippen molar-refractivity contribution in [1.82, 2.24) is 0 Å². The fourth-order valence-electron chi connectivity index (χ4n) is 3.18. The van der Waals surface area contributed by atoms with E-state index in [1.807, 2.05) is 0 Å². The smallest absolute Gasteiger partial charge is 0.0591 e. The highest BCUT2D eigenvalue weighted by Crippen LogP contribution is 2.48. The third kappa shape index (κ3) is 1.69. The molecule has 0 aromatic heterocycles. The molecule has 1 unspecified atom stereocenters. The lowest BCUT2D eigenvalue weighted by Crippen LogP contribution is -2.45. The molecule has 18 heavy (non-hydrogen) atoms. The van der Waals surface area contributed by atoms with Gasteiger partial charge in [-0.2, -0.15) is 0 Å². The second-order valence-corrected chi connectivity index (χ2v) is 5.79. The lowest BCUT2D eigenvalue weighted by Gasteiger charge is -2.43. The summed E-state index contributed by atoms with van der Waals surface area (Å²) in [5.74, 6) is 0. The van der Waals surface area contributed by atoms with Crippen LogP contribution in [0.2, 0.25) is 0 Å². The molecular formula is C17H21N. The summed E-state index contributed by atoms with van der Waals surface area (Å²) in [4.78, 5) is 0. The van der Waals surface area contributed by atoms with Gasteiger partial charge in [0.15, 0.2) is 0 Å². The topological polar surface area (TPSA) is 12.0 Å². The average molecular weight is 239 g/mol. The molecule has 1 fully saturated rings. The summed E-state index contributed by atoms with van der Waals surface area (Å²) in [6.45, 7) is 8.25. The Morgan fingerprint density at radius 3 is 2.72 bits per heavy atom. The molecule has 1 N–H and O–H groups in total. The number of hydrogen-bond donors (Lipinski definition) is 1. The van der Waals surface area contributed by atoms with Gasteiger partial charge in [-0.15, -0.1) is 0 Å². The van der Waals surface area contributed by atoms with Crippen molar-refractivity contribution in [2.24, 2.45) is 0 Å². The maximum absolute atomic E-state index is 4.01. The summed E-state index contributed by atoms with van der Waals surface area (Å²) < 4.78 is 0. The predicted molar refractivity (Wildman–Crippen MR) is 78.8 cm³/mol. The Morgan fingerprint density at radius 1 is 1.33 bits per heavy atom. The van der Waals surface area contributed by atoms with Crippen molar-refractivity contribution in [3.05, 3.63) is 47.6 Å². The minimum atomic E-state index is 0.301. The number of rotatable bonds is 3. The molecule has 1 aromatic rings. The minimum Gasteiger partial charge on any atom is -0.376 e. The monoisotopic (exact) mass is 239 g/mol. The molecule has 1 atom stereocenters. The van der Waals surface area contributed by atoms with Crippen LogP contribution in [-0.2, 0) is 0 Å². The van der Waals surface area contributed by atoms with Crippen LogP contribution < -0.4 is 5.32 Å². The molecular weight excluding hydrogens is 218 g/mol. The van der Waals surface area contributed by atoms with E-state index in [-0.39, 0.29) is 0 Å². The van der Waals surface area contributed by atoms with Gasteiger partial charge in [-0.05, 0) is 68.4 Å². The van der Waals surface area contributed by atoms with E-state index in [0.29, 0.717) is 5.54 Å². The Hall–Kier alpha value is -1.50. The molecule has 0 amide bonds. The molecule has 3 rings (SSSR count). The number of anilines is 1. The summed E-state index contributed by atoms with van der Waals surface area (Å²) in [6.07, 6.45) is 7.51. The molecule has 94 valence electrons. The first-order valence-corrected chi connectivity index (χ1v) is 6.85. The molecule has 0 heterocycles. The van der Waals surface area contributed by atoms with Crippen LogP contribution in [0.25, 0.3) is 5.57 Å². The Bertz CT molecular complexity index is 539. The van der Waals surface area contributed by atoms with Gasteiger partial charge >= 0.3 is 0 Å². The highest BCUT2D eigenvalue weighted by Gasteiger charge is 2.44. The Labute approximate surface area is 110 Å². The van der Waals surface area contributed by atoms with Crippen molar-refractivity contribution in [3.63, 3.8) is 0 Å². The fourth-order valence-corrected chi connectivity index (χ4v) is 3.18. The van der Waals surface area contributed by atoms with E-state index in [0.717, 1.165) is 5.57 Å². The van der Waals surface area contributed by atoms with Crippen LogP contribution in [0, 0.1) is 6.92 Å². The van der Waals surface area contributed by atoms with E-state index >= 15 is 0 Å². The van der Waals surface area contributed by atoms with E-state index in [1.54, 1.807) is 5.57 Å². The van der Waals surface area contributed by atoms with E-state index in [9.17, 15) is 0 Å². The maximum atomic E-state index is 4.01. The number of hydrogen-bond acceptors (Lipinski definition) is 1. The Kier molecular flexibility index (Phi) is 2.58. The SMILES string of the molecule is C=C(C)c1ccc(NC23CCC=C2CC3)c(C)c1. The standard InChI is InChI=1S/C17H21N/c1-12(2)14-6-7-16(13(3)11-14)18-17-9-4-5-15(17)8-10-17/h5-7,11,18H,1,4,8-10H2,2-3H3. The van der Waals surface area contributed by atoms with Gasteiger partial charge in [0.05, 0.1) is 5.54 Å². The summed E-state index contributed by atoms with van der Waals surface area (Å²) in [5.41, 5.74) is 6.91. The lowest BCUT2D eigenvalue weighted by atomic mass is 9.73. The van der Waals surface area contributed by atoms with Crippen LogP contribution in [0.5, 0.6) is 0 Å². The number of aryl methyl sites for hydroxylation is 1. The van der Waals surface area contributed by atoms with Gasteiger partial charge in [-0.3, -0.25) is 0 Å². The maximum Gasteiger partial charge on any atom is 0.0591 e. The Balaban J connectivity index is 1.86. The molecule has 2 aliphatic rings. The largest absolute Gasteiger partial charge is 0.376 e. The first kappa shape index (κ1) is 11.6. The zero-order chi connectivity index (χ0) is 12.8. The van der Waals surface area contributed by atoms with E-state index in [2.05, 4.69) is 50.0 Å². The van der Waals surface area contributed by atoms with Crippen molar-refractivity contribution in [2.75, 3.05) is 5.32 Å². The number of benzene rings is 1. The van der Waals surface area contributed by atoms with Crippen LogP contribution in [-0.4, -0.2) is 5.54 Å². The van der Waals surface area contributed by atoms with Crippen LogP contribution in [0.3, 0.4) is 0 Å². The normalized spacial score (nSPS) is 25.1. The van der Waals surface area contributed by atoms with Crippen molar-refractivity contribution < 1.29 is 0 Å². The fraction of sp³-hybridized carbons (Fsp3) is 0.412. The van der Waals surface area contributed by atoms with Gasteiger partial charge < -0.3 is 5.32 Å². The molecule has 0 radical (unpaired) electrons. The molecule has 0 aliphatic heterocycles. The summed E-state index contributed by atoms with van der Waals surface area (Å²) >= 11 is 0. The minimum absolute atomic E-state index is 0.301. The van der Waals surface area contributed by atoms with Crippen molar-refractivity contribution in [1.29, 1.82) is 0 Å². The number of nitrogens with one attached hydrogen (secondary N) is 1. The highest BCUT2D eigenvalue weighted by molar-refractivity contribution is 5.67. The van der Waals surface area contributed by atoms with E-state index < -0.39 is 0 Å². The number of fused-ring (bicyclic) bond motifs is 1. The zero-order valence-electron chi connectivity index (χ0n) is 11.3. The first-order chi connectivity index (χ1) is 8.61. The molecule has 0 spiro atoms. The van der Waals surface area contributed by atoms with Gasteiger partial charge in [-0.25, -0.2) is 0 Å². The van der Waals surface area contributed by atoms with Gasteiger partial charge in [0.1, 0.15) is 0 Å². The molecule has 0 bridgehead atoms. The van der Waals surface area contributed by atoms with E-state index in [1.165, 1.54) is 42.5 Å². The van der Waals surface area contributed by atoms with Crippen LogP contribution >= 0.6 is 0 Å². The highest BCUT2D eigenvalue weighted by atomic mass is 15.0. The molecule has 1 saturated carbocycles. The lowest BCUT2D eigenvalue weighted by molar-refractivity contribution is 0.399. The van der Waals surface area contributed by atoms with Gasteiger partial charge in [0.25, 0.3) is 0 Å². The molecule has 2 aliphatic carbocycles. The van der Waals surface area contributed by atoms with Crippen LogP contribution in [0.15, 0.2) is 36.4 Å². The second-order valence-electron chi connectivity index (χ2n) is 5.79. The molecule has 1 nitrogen and oxygen atoms in total. The summed E-state index contributed by atoms with van der Waals surface area (Å²) in [7, 11) is 0. The first-order valence-electron chi connectivity index (χ1n) is 6.85. The Morgan fingerprint density at radius 2 is 2.17 bits per heavy atom. The average Bonchev–Trinajstić information content (AvgIpc) is 2.59. The summed E-state index contributed by atoms with van der Waals surface area (Å²) in [5, 5.41) is 3.79.